The minimum Gasteiger partial charge on any atom is -0.477 e. The van der Waals surface area contributed by atoms with Crippen molar-refractivity contribution in [1.82, 2.24) is 10.1 Å². The van der Waals surface area contributed by atoms with Gasteiger partial charge in [-0.3, -0.25) is 4.79 Å². The highest BCUT2D eigenvalue weighted by Gasteiger charge is 2.09. The topological polar surface area (TPSA) is 96.2 Å². The monoisotopic (exact) mass is 180 g/mol. The summed E-state index contributed by atoms with van der Waals surface area (Å²) in [6.07, 6.45) is 0. The van der Waals surface area contributed by atoms with Crippen LogP contribution in [0.1, 0.15) is 10.5 Å². The van der Waals surface area contributed by atoms with Crippen LogP contribution in [0, 0.1) is 0 Å². The van der Waals surface area contributed by atoms with Crippen molar-refractivity contribution >= 4 is 17.1 Å². The van der Waals surface area contributed by atoms with Crippen LogP contribution in [0.2, 0.25) is 0 Å². The Labute approximate surface area is 70.8 Å². The van der Waals surface area contributed by atoms with Crippen molar-refractivity contribution in [2.45, 2.75) is 0 Å². The molecule has 0 saturated heterocycles. The van der Waals surface area contributed by atoms with Crippen LogP contribution in [0.25, 0.3) is 11.1 Å². The minimum absolute atomic E-state index is 0.00454. The zero-order valence-electron chi connectivity index (χ0n) is 6.27. The van der Waals surface area contributed by atoms with Crippen LogP contribution in [0.4, 0.5) is 0 Å². The number of aromatic amines is 1. The number of rotatable bonds is 1. The molecule has 13 heavy (non-hydrogen) atoms. The van der Waals surface area contributed by atoms with E-state index >= 15 is 0 Å². The number of carbonyl (C=O) groups is 1. The van der Waals surface area contributed by atoms with Gasteiger partial charge in [-0.2, -0.15) is 5.16 Å². The number of pyridine rings is 1. The van der Waals surface area contributed by atoms with E-state index in [0.29, 0.717) is 0 Å². The molecule has 0 unspecified atom stereocenters. The molecule has 0 bridgehead atoms. The number of nitrogens with one attached hydrogen (secondary N) is 1. The van der Waals surface area contributed by atoms with Crippen LogP contribution >= 0.6 is 0 Å². The number of aromatic nitrogens is 2. The molecule has 0 spiro atoms. The molecule has 66 valence electrons. The standard InChI is InChI=1S/C7H4N2O4/c10-5-3-1-2-4(7(11)12)8-6(3)13-9-5/h1-2H,(H,9,10)(H,11,12). The van der Waals surface area contributed by atoms with Gasteiger partial charge >= 0.3 is 5.97 Å². The molecule has 2 heterocycles. The van der Waals surface area contributed by atoms with Gasteiger partial charge in [0.15, 0.2) is 5.69 Å². The molecule has 0 fully saturated rings. The predicted molar refractivity (Wildman–Crippen MR) is 41.6 cm³/mol. The van der Waals surface area contributed by atoms with E-state index in [1.807, 2.05) is 0 Å². The van der Waals surface area contributed by atoms with Crippen LogP contribution in [0.3, 0.4) is 0 Å². The Kier molecular flexibility index (Phi) is 1.42. The quantitative estimate of drug-likeness (QED) is 0.654. The summed E-state index contributed by atoms with van der Waals surface area (Å²) in [5.41, 5.74) is -0.570. The van der Waals surface area contributed by atoms with Gasteiger partial charge in [0.2, 0.25) is 0 Å². The maximum atomic E-state index is 10.9. The fraction of sp³-hybridized carbons (Fsp3) is 0. The molecule has 0 amide bonds. The van der Waals surface area contributed by atoms with E-state index in [1.165, 1.54) is 12.1 Å². The van der Waals surface area contributed by atoms with E-state index in [0.717, 1.165) is 0 Å². The molecule has 6 heteroatoms. The van der Waals surface area contributed by atoms with Crippen molar-refractivity contribution in [2.75, 3.05) is 0 Å². The molecule has 0 aliphatic rings. The van der Waals surface area contributed by atoms with Gasteiger partial charge < -0.3 is 9.63 Å². The molecule has 6 nitrogen and oxygen atoms in total. The summed E-state index contributed by atoms with van der Waals surface area (Å²) in [5, 5.41) is 10.9. The van der Waals surface area contributed by atoms with E-state index < -0.39 is 11.5 Å². The molecule has 2 aromatic rings. The Bertz CT molecular complexity index is 525. The normalized spacial score (nSPS) is 10.5. The zero-order chi connectivity index (χ0) is 9.42. The number of hydrogen-bond donors (Lipinski definition) is 2. The average molecular weight is 180 g/mol. The van der Waals surface area contributed by atoms with Crippen molar-refractivity contribution in [3.8, 4) is 0 Å². The number of carboxylic acids is 1. The van der Waals surface area contributed by atoms with Crippen molar-refractivity contribution in [3.63, 3.8) is 0 Å². The minimum atomic E-state index is -1.16. The first kappa shape index (κ1) is 7.53. The van der Waals surface area contributed by atoms with Gasteiger partial charge in [-0.15, -0.1) is 0 Å². The summed E-state index contributed by atoms with van der Waals surface area (Å²) in [6.45, 7) is 0. The van der Waals surface area contributed by atoms with E-state index in [9.17, 15) is 9.59 Å². The van der Waals surface area contributed by atoms with Crippen LogP contribution in [0.15, 0.2) is 21.5 Å². The van der Waals surface area contributed by atoms with Crippen LogP contribution in [-0.2, 0) is 0 Å². The van der Waals surface area contributed by atoms with E-state index in [2.05, 4.69) is 14.7 Å². The van der Waals surface area contributed by atoms with E-state index in [4.69, 9.17) is 5.11 Å². The van der Waals surface area contributed by atoms with Gasteiger partial charge in [0, 0.05) is 0 Å². The van der Waals surface area contributed by atoms with Crippen LogP contribution in [0.5, 0.6) is 0 Å². The molecule has 0 aliphatic carbocycles. The molecule has 0 aliphatic heterocycles. The lowest BCUT2D eigenvalue weighted by Crippen LogP contribution is -2.01. The fourth-order valence-electron chi connectivity index (χ4n) is 0.960. The largest absolute Gasteiger partial charge is 0.477 e. The average Bonchev–Trinajstić information content (AvgIpc) is 2.47. The number of aromatic carboxylic acids is 1. The molecule has 2 aromatic heterocycles. The van der Waals surface area contributed by atoms with Gasteiger partial charge in [-0.1, -0.05) is 0 Å². The third-order valence-electron chi connectivity index (χ3n) is 1.56. The van der Waals surface area contributed by atoms with Crippen LogP contribution in [-0.4, -0.2) is 21.2 Å². The maximum Gasteiger partial charge on any atom is 0.354 e. The van der Waals surface area contributed by atoms with Gasteiger partial charge in [-0.25, -0.2) is 9.78 Å². The maximum absolute atomic E-state index is 10.9. The summed E-state index contributed by atoms with van der Waals surface area (Å²) < 4.78 is 4.63. The fourth-order valence-corrected chi connectivity index (χ4v) is 0.960. The summed E-state index contributed by atoms with van der Waals surface area (Å²) in [6, 6.07) is 2.60. The Morgan fingerprint density at radius 3 is 3.00 bits per heavy atom. The number of carboxylic acid groups (broad SMARTS) is 1. The third-order valence-corrected chi connectivity index (χ3v) is 1.56. The zero-order valence-corrected chi connectivity index (χ0v) is 6.27. The number of hydrogen-bond acceptors (Lipinski definition) is 4. The highest BCUT2D eigenvalue weighted by Crippen LogP contribution is 2.06. The lowest BCUT2D eigenvalue weighted by atomic mass is 10.3. The lowest BCUT2D eigenvalue weighted by molar-refractivity contribution is 0.0690. The first-order chi connectivity index (χ1) is 6.18. The van der Waals surface area contributed by atoms with Crippen molar-refractivity contribution in [1.29, 1.82) is 0 Å². The second-order valence-electron chi connectivity index (χ2n) is 2.39. The Balaban J connectivity index is 2.77. The highest BCUT2D eigenvalue weighted by atomic mass is 16.5. The Hall–Kier alpha value is -2.11. The molecule has 2 rings (SSSR count). The SMILES string of the molecule is O=C(O)c1ccc2c(=O)[nH]oc2n1. The summed E-state index contributed by atoms with van der Waals surface area (Å²) >= 11 is 0. The molecular formula is C7H4N2O4. The van der Waals surface area contributed by atoms with Gasteiger partial charge in [0.05, 0.1) is 0 Å². The number of nitrogens with zero attached hydrogens (tertiary/aromatic N) is 1. The van der Waals surface area contributed by atoms with Crippen molar-refractivity contribution in [3.05, 3.63) is 28.2 Å². The van der Waals surface area contributed by atoms with Crippen LogP contribution < -0.4 is 5.56 Å². The second kappa shape index (κ2) is 2.44. The molecular weight excluding hydrogens is 176 g/mol. The molecule has 0 aromatic carbocycles. The van der Waals surface area contributed by atoms with Gasteiger partial charge in [0.25, 0.3) is 11.3 Å². The summed E-state index contributed by atoms with van der Waals surface area (Å²) in [7, 11) is 0. The second-order valence-corrected chi connectivity index (χ2v) is 2.39. The third kappa shape index (κ3) is 1.08. The Morgan fingerprint density at radius 2 is 2.31 bits per heavy atom. The lowest BCUT2D eigenvalue weighted by Gasteiger charge is -1.89. The molecule has 0 atom stereocenters. The van der Waals surface area contributed by atoms with Gasteiger partial charge in [0.1, 0.15) is 5.39 Å². The van der Waals surface area contributed by atoms with E-state index in [-0.39, 0.29) is 16.8 Å². The first-order valence-electron chi connectivity index (χ1n) is 3.40. The number of H-pyrrole nitrogens is 1. The van der Waals surface area contributed by atoms with Crippen molar-refractivity contribution < 1.29 is 14.4 Å². The number of fused-ring (bicyclic) bond motifs is 1. The Morgan fingerprint density at radius 1 is 1.54 bits per heavy atom. The van der Waals surface area contributed by atoms with Gasteiger partial charge in [-0.05, 0) is 12.1 Å². The van der Waals surface area contributed by atoms with Crippen molar-refractivity contribution in [2.24, 2.45) is 0 Å². The predicted octanol–water partition coefficient (Wildman–Crippen LogP) is 0.214. The first-order valence-corrected chi connectivity index (χ1v) is 3.40. The molecule has 2 N–H and O–H groups in total. The molecule has 0 radical (unpaired) electrons. The summed E-state index contributed by atoms with van der Waals surface area (Å²) in [4.78, 5) is 25.0. The molecule has 0 saturated carbocycles. The summed E-state index contributed by atoms with van der Waals surface area (Å²) in [5.74, 6) is -1.16. The van der Waals surface area contributed by atoms with E-state index in [1.54, 1.807) is 0 Å². The smallest absolute Gasteiger partial charge is 0.354 e. The highest BCUT2D eigenvalue weighted by molar-refractivity contribution is 5.88.